The first-order valence-corrected chi connectivity index (χ1v) is 6.12. The Morgan fingerprint density at radius 3 is 3.13 bits per heavy atom. The zero-order valence-corrected chi connectivity index (χ0v) is 9.11. The van der Waals surface area contributed by atoms with Crippen LogP contribution in [0, 0.1) is 5.82 Å². The molecule has 1 unspecified atom stereocenters. The molecule has 0 spiro atoms. The van der Waals surface area contributed by atoms with E-state index < -0.39 is 0 Å². The van der Waals surface area contributed by atoms with Gasteiger partial charge in [0.15, 0.2) is 0 Å². The minimum Gasteiger partial charge on any atom is -0.310 e. The van der Waals surface area contributed by atoms with Crippen molar-refractivity contribution < 1.29 is 4.39 Å². The van der Waals surface area contributed by atoms with E-state index in [0.717, 1.165) is 23.2 Å². The van der Waals surface area contributed by atoms with E-state index in [9.17, 15) is 4.39 Å². The first-order chi connectivity index (χ1) is 7.34. The minimum atomic E-state index is -0.117. The molecule has 15 heavy (non-hydrogen) atoms. The molecule has 1 saturated heterocycles. The molecule has 1 aromatic carbocycles. The maximum Gasteiger partial charge on any atom is 0.124 e. The molecule has 78 valence electrons. The predicted octanol–water partition coefficient (Wildman–Crippen LogP) is 3.46. The molecule has 3 rings (SSSR count). The highest BCUT2D eigenvalue weighted by Gasteiger charge is 2.19. The van der Waals surface area contributed by atoms with Crippen LogP contribution in [0.5, 0.6) is 0 Å². The molecule has 1 aromatic heterocycles. The number of nitrogens with one attached hydrogen (secondary N) is 1. The lowest BCUT2D eigenvalue weighted by Gasteiger charge is -2.12. The molecule has 0 radical (unpaired) electrons. The van der Waals surface area contributed by atoms with Crippen LogP contribution < -0.4 is 5.32 Å². The van der Waals surface area contributed by atoms with Crippen molar-refractivity contribution in [2.75, 3.05) is 6.54 Å². The van der Waals surface area contributed by atoms with Crippen molar-refractivity contribution in [2.45, 2.75) is 18.9 Å². The first-order valence-electron chi connectivity index (χ1n) is 5.24. The summed E-state index contributed by atoms with van der Waals surface area (Å²) in [4.78, 5) is 0. The Balaban J connectivity index is 2.18. The summed E-state index contributed by atoms with van der Waals surface area (Å²) in [6.45, 7) is 1.05. The highest BCUT2D eigenvalue weighted by molar-refractivity contribution is 7.17. The van der Waals surface area contributed by atoms with Gasteiger partial charge in [0.25, 0.3) is 0 Å². The van der Waals surface area contributed by atoms with Crippen molar-refractivity contribution in [1.82, 2.24) is 5.32 Å². The number of hydrogen-bond donors (Lipinski definition) is 1. The molecular weight excluding hydrogens is 209 g/mol. The molecule has 2 aromatic rings. The van der Waals surface area contributed by atoms with Gasteiger partial charge in [-0.15, -0.1) is 11.3 Å². The molecule has 0 amide bonds. The Hall–Kier alpha value is -0.930. The molecule has 1 aliphatic rings. The van der Waals surface area contributed by atoms with Crippen molar-refractivity contribution >= 4 is 21.4 Å². The van der Waals surface area contributed by atoms with Crippen LogP contribution in [-0.2, 0) is 0 Å². The van der Waals surface area contributed by atoms with Gasteiger partial charge in [0.05, 0.1) is 0 Å². The van der Waals surface area contributed by atoms with Crippen LogP contribution in [0.1, 0.15) is 24.4 Å². The van der Waals surface area contributed by atoms with Crippen LogP contribution in [0.25, 0.3) is 10.1 Å². The van der Waals surface area contributed by atoms with Crippen LogP contribution in [0.2, 0.25) is 0 Å². The molecule has 1 nitrogen and oxygen atoms in total. The second-order valence-corrected chi connectivity index (χ2v) is 4.92. The highest BCUT2D eigenvalue weighted by atomic mass is 32.1. The Morgan fingerprint density at radius 2 is 2.33 bits per heavy atom. The lowest BCUT2D eigenvalue weighted by atomic mass is 10.0. The van der Waals surface area contributed by atoms with Crippen molar-refractivity contribution in [3.63, 3.8) is 0 Å². The Kier molecular flexibility index (Phi) is 2.22. The normalized spacial score (nSPS) is 21.3. The number of rotatable bonds is 1. The van der Waals surface area contributed by atoms with Gasteiger partial charge < -0.3 is 5.32 Å². The summed E-state index contributed by atoms with van der Waals surface area (Å²) >= 11 is 1.61. The third kappa shape index (κ3) is 1.56. The number of benzene rings is 1. The van der Waals surface area contributed by atoms with Gasteiger partial charge in [-0.05, 0) is 53.9 Å². The molecule has 1 atom stereocenters. The second-order valence-electron chi connectivity index (χ2n) is 3.98. The molecule has 0 aliphatic carbocycles. The second kappa shape index (κ2) is 3.58. The molecular formula is C12H12FNS. The number of fused-ring (bicyclic) bond motifs is 1. The third-order valence-electron chi connectivity index (χ3n) is 3.00. The molecule has 1 fully saturated rings. The van der Waals surface area contributed by atoms with E-state index in [-0.39, 0.29) is 5.82 Å². The summed E-state index contributed by atoms with van der Waals surface area (Å²) in [7, 11) is 0. The summed E-state index contributed by atoms with van der Waals surface area (Å²) in [6.07, 6.45) is 2.31. The smallest absolute Gasteiger partial charge is 0.124 e. The summed E-state index contributed by atoms with van der Waals surface area (Å²) < 4.78 is 14.5. The Morgan fingerprint density at radius 1 is 1.40 bits per heavy atom. The van der Waals surface area contributed by atoms with E-state index in [1.807, 2.05) is 5.38 Å². The molecule has 0 saturated carbocycles. The van der Waals surface area contributed by atoms with E-state index >= 15 is 0 Å². The van der Waals surface area contributed by atoms with Gasteiger partial charge in [-0.1, -0.05) is 0 Å². The zero-order chi connectivity index (χ0) is 10.3. The van der Waals surface area contributed by atoms with Crippen LogP contribution in [0.3, 0.4) is 0 Å². The van der Waals surface area contributed by atoms with E-state index in [1.54, 1.807) is 23.5 Å². The predicted molar refractivity (Wildman–Crippen MR) is 61.8 cm³/mol. The van der Waals surface area contributed by atoms with Crippen molar-refractivity contribution in [2.24, 2.45) is 0 Å². The summed E-state index contributed by atoms with van der Waals surface area (Å²) in [6, 6.07) is 5.74. The van der Waals surface area contributed by atoms with Gasteiger partial charge >= 0.3 is 0 Å². The molecule has 3 heteroatoms. The Labute approximate surface area is 91.9 Å². The van der Waals surface area contributed by atoms with Gasteiger partial charge in [0.1, 0.15) is 5.82 Å². The van der Waals surface area contributed by atoms with Crippen molar-refractivity contribution in [1.29, 1.82) is 0 Å². The fourth-order valence-corrected chi connectivity index (χ4v) is 3.15. The summed E-state index contributed by atoms with van der Waals surface area (Å²) in [5.41, 5.74) is 1.13. The van der Waals surface area contributed by atoms with Crippen LogP contribution >= 0.6 is 11.3 Å². The fraction of sp³-hybridized carbons (Fsp3) is 0.333. The Bertz CT molecular complexity index is 485. The minimum absolute atomic E-state index is 0.117. The molecule has 1 aliphatic heterocycles. The monoisotopic (exact) mass is 221 g/mol. The maximum absolute atomic E-state index is 13.4. The quantitative estimate of drug-likeness (QED) is 0.777. The standard InChI is InChI=1S/C12H12FNS/c13-8-6-10(11-2-1-4-14-11)9-3-5-15-12(9)7-8/h3,5-7,11,14H,1-2,4H2. The van der Waals surface area contributed by atoms with Crippen molar-refractivity contribution in [3.05, 3.63) is 35.0 Å². The van der Waals surface area contributed by atoms with Crippen molar-refractivity contribution in [3.8, 4) is 0 Å². The fourth-order valence-electron chi connectivity index (χ4n) is 2.30. The van der Waals surface area contributed by atoms with Crippen LogP contribution in [-0.4, -0.2) is 6.54 Å². The summed E-state index contributed by atoms with van der Waals surface area (Å²) in [5, 5.41) is 6.66. The van der Waals surface area contributed by atoms with Crippen LogP contribution in [0.4, 0.5) is 4.39 Å². The molecule has 2 heterocycles. The average Bonchev–Trinajstić information content (AvgIpc) is 2.86. The molecule has 1 N–H and O–H groups in total. The van der Waals surface area contributed by atoms with Gasteiger partial charge in [-0.3, -0.25) is 0 Å². The number of halogens is 1. The zero-order valence-electron chi connectivity index (χ0n) is 8.29. The molecule has 0 bridgehead atoms. The van der Waals surface area contributed by atoms with E-state index in [4.69, 9.17) is 0 Å². The van der Waals surface area contributed by atoms with E-state index in [2.05, 4.69) is 11.4 Å². The summed E-state index contributed by atoms with van der Waals surface area (Å²) in [5.74, 6) is -0.117. The van der Waals surface area contributed by atoms with Crippen LogP contribution in [0.15, 0.2) is 23.6 Å². The van der Waals surface area contributed by atoms with E-state index in [0.29, 0.717) is 6.04 Å². The van der Waals surface area contributed by atoms with Gasteiger partial charge in [-0.25, -0.2) is 4.39 Å². The average molecular weight is 221 g/mol. The van der Waals surface area contributed by atoms with Gasteiger partial charge in [-0.2, -0.15) is 0 Å². The van der Waals surface area contributed by atoms with Gasteiger partial charge in [0.2, 0.25) is 0 Å². The SMILES string of the molecule is Fc1cc(C2CCCN2)c2ccsc2c1. The highest BCUT2D eigenvalue weighted by Crippen LogP contribution is 2.33. The number of hydrogen-bond acceptors (Lipinski definition) is 2. The van der Waals surface area contributed by atoms with Gasteiger partial charge in [0, 0.05) is 10.7 Å². The maximum atomic E-state index is 13.4. The topological polar surface area (TPSA) is 12.0 Å². The third-order valence-corrected chi connectivity index (χ3v) is 3.87. The lowest BCUT2D eigenvalue weighted by molar-refractivity contribution is 0.611. The number of thiophene rings is 1. The lowest BCUT2D eigenvalue weighted by Crippen LogP contribution is -2.13. The van der Waals surface area contributed by atoms with E-state index in [1.165, 1.54) is 11.8 Å². The largest absolute Gasteiger partial charge is 0.310 e. The first kappa shape index (κ1) is 9.31.